The van der Waals surface area contributed by atoms with Crippen LogP contribution in [0.3, 0.4) is 0 Å². The second kappa shape index (κ2) is 17.5. The van der Waals surface area contributed by atoms with Gasteiger partial charge in [-0.1, -0.05) is 12.1 Å². The van der Waals surface area contributed by atoms with Gasteiger partial charge in [0.25, 0.3) is 0 Å². The van der Waals surface area contributed by atoms with Gasteiger partial charge in [-0.25, -0.2) is 19.4 Å². The predicted molar refractivity (Wildman–Crippen MR) is 140 cm³/mol. The van der Waals surface area contributed by atoms with E-state index in [-0.39, 0.29) is 0 Å². The van der Waals surface area contributed by atoms with Crippen LogP contribution in [0.4, 0.5) is 45.3 Å². The third-order valence-corrected chi connectivity index (χ3v) is 5.84. The first-order valence-electron chi connectivity index (χ1n) is 12.9. The highest BCUT2D eigenvalue weighted by Gasteiger charge is 2.39. The van der Waals surface area contributed by atoms with Crippen molar-refractivity contribution in [1.29, 1.82) is 0 Å². The molecule has 1 unspecified atom stereocenters. The number of anilines is 1. The summed E-state index contributed by atoms with van der Waals surface area (Å²) < 4.78 is 101. The van der Waals surface area contributed by atoms with Crippen LogP contribution in [0.15, 0.2) is 36.7 Å². The summed E-state index contributed by atoms with van der Waals surface area (Å²) in [6, 6.07) is 8.52. The third kappa shape index (κ3) is 15.2. The van der Waals surface area contributed by atoms with Gasteiger partial charge in [-0.3, -0.25) is 9.88 Å². The van der Waals surface area contributed by atoms with Crippen LogP contribution in [0, 0.1) is 12.8 Å². The summed E-state index contributed by atoms with van der Waals surface area (Å²) in [5.74, 6) is -6.46. The van der Waals surface area contributed by atoms with E-state index in [1.54, 1.807) is 0 Å². The number of ether oxygens (including phenoxy) is 1. The fraction of sp³-hybridized carbons (Fsp3) is 0.500. The number of alkyl halides is 9. The molecule has 1 saturated heterocycles. The summed E-state index contributed by atoms with van der Waals surface area (Å²) >= 11 is 0. The number of carboxylic acid groups (broad SMARTS) is 3. The van der Waals surface area contributed by atoms with E-state index in [4.69, 9.17) is 39.4 Å². The second-order valence-corrected chi connectivity index (χ2v) is 9.59. The number of pyridine rings is 2. The molecular weight excluding hydrogens is 651 g/mol. The van der Waals surface area contributed by atoms with E-state index in [1.165, 1.54) is 17.5 Å². The molecule has 0 saturated carbocycles. The molecule has 2 aliphatic rings. The van der Waals surface area contributed by atoms with Gasteiger partial charge in [0.1, 0.15) is 5.82 Å². The number of aromatic nitrogens is 2. The van der Waals surface area contributed by atoms with Gasteiger partial charge in [0.15, 0.2) is 0 Å². The minimum absolute atomic E-state index is 0.673. The Morgan fingerprint density at radius 3 is 1.87 bits per heavy atom. The van der Waals surface area contributed by atoms with E-state index in [9.17, 15) is 39.5 Å². The topological polar surface area (TPSA) is 153 Å². The molecule has 3 N–H and O–H groups in total. The largest absolute Gasteiger partial charge is 0.490 e. The highest BCUT2D eigenvalue weighted by molar-refractivity contribution is 5.73. The van der Waals surface area contributed by atoms with Crippen molar-refractivity contribution in [2.24, 2.45) is 5.92 Å². The highest BCUT2D eigenvalue weighted by Crippen LogP contribution is 2.26. The number of carbonyl (C=O) groups is 3. The molecule has 0 radical (unpaired) electrons. The van der Waals surface area contributed by atoms with Gasteiger partial charge in [0, 0.05) is 63.0 Å². The number of hydrogen-bond donors (Lipinski definition) is 3. The molecule has 1 fully saturated rings. The number of rotatable bonds is 4. The Morgan fingerprint density at radius 2 is 1.43 bits per heavy atom. The molecular formula is C26H29F9N4O7. The van der Waals surface area contributed by atoms with Crippen molar-refractivity contribution >= 4 is 23.7 Å². The predicted octanol–water partition coefficient (Wildman–Crippen LogP) is 4.54. The maximum atomic E-state index is 10.6. The lowest BCUT2D eigenvalue weighted by atomic mass is 10.1. The zero-order chi connectivity index (χ0) is 35.3. The number of halogens is 9. The van der Waals surface area contributed by atoms with Crippen LogP contribution in [-0.2, 0) is 32.2 Å². The normalized spacial score (nSPS) is 16.7. The quantitative estimate of drug-likeness (QED) is 0.390. The van der Waals surface area contributed by atoms with Crippen LogP contribution >= 0.6 is 0 Å². The molecule has 46 heavy (non-hydrogen) atoms. The first kappa shape index (κ1) is 39.8. The van der Waals surface area contributed by atoms with Crippen molar-refractivity contribution in [2.45, 2.75) is 45.0 Å². The molecule has 2 aromatic rings. The Bertz CT molecular complexity index is 1210. The minimum atomic E-state index is -5.08. The van der Waals surface area contributed by atoms with Crippen molar-refractivity contribution in [3.63, 3.8) is 0 Å². The van der Waals surface area contributed by atoms with Crippen molar-refractivity contribution in [2.75, 3.05) is 37.7 Å². The zero-order valence-electron chi connectivity index (χ0n) is 23.9. The maximum absolute atomic E-state index is 10.6. The van der Waals surface area contributed by atoms with Gasteiger partial charge in [0.05, 0.1) is 6.61 Å². The number of aryl methyl sites for hydroxylation is 1. The maximum Gasteiger partial charge on any atom is 0.490 e. The SMILES string of the molecule is Cc1ccc2c(n1)N(Cc1cccnc1)CCN(CC1CCOC1)C2.O=C(O)C(F)(F)F.O=C(O)C(F)(F)F.O=C(O)C(F)(F)F. The third-order valence-electron chi connectivity index (χ3n) is 5.84. The average molecular weight is 681 g/mol. The molecule has 0 aromatic carbocycles. The van der Waals surface area contributed by atoms with Gasteiger partial charge < -0.3 is 25.0 Å². The Hall–Kier alpha value is -4.20. The molecule has 20 heteroatoms. The van der Waals surface area contributed by atoms with E-state index in [0.717, 1.165) is 57.4 Å². The standard InChI is InChI=1S/C20H26N4O.3C2HF3O2/c1-16-4-5-19-14-23(12-18-6-10-25-15-18)8-9-24(20(19)22-16)13-17-3-2-7-21-11-17;3*3-2(4,5)1(6)7/h2-5,7,11,18H,6,8-10,12-15H2,1H3;3*(H,6,7). The van der Waals surface area contributed by atoms with Crippen LogP contribution in [0.2, 0.25) is 0 Å². The Morgan fingerprint density at radius 1 is 0.891 bits per heavy atom. The summed E-state index contributed by atoms with van der Waals surface area (Å²) in [7, 11) is 0. The summed E-state index contributed by atoms with van der Waals surface area (Å²) in [4.78, 5) is 40.8. The van der Waals surface area contributed by atoms with E-state index in [0.29, 0.717) is 5.92 Å². The van der Waals surface area contributed by atoms with Crippen LogP contribution in [0.5, 0.6) is 0 Å². The molecule has 258 valence electrons. The number of hydrogen-bond acceptors (Lipinski definition) is 8. The van der Waals surface area contributed by atoms with Gasteiger partial charge in [-0.15, -0.1) is 0 Å². The molecule has 0 amide bonds. The lowest BCUT2D eigenvalue weighted by molar-refractivity contribution is -0.193. The molecule has 0 aliphatic carbocycles. The molecule has 4 heterocycles. The van der Waals surface area contributed by atoms with E-state index < -0.39 is 36.4 Å². The first-order chi connectivity index (χ1) is 21.1. The smallest absolute Gasteiger partial charge is 0.475 e. The minimum Gasteiger partial charge on any atom is -0.475 e. The van der Waals surface area contributed by atoms with Crippen LogP contribution in [0.1, 0.15) is 23.2 Å². The first-order valence-corrected chi connectivity index (χ1v) is 12.9. The van der Waals surface area contributed by atoms with E-state index >= 15 is 0 Å². The van der Waals surface area contributed by atoms with Crippen LogP contribution < -0.4 is 4.90 Å². The monoisotopic (exact) mass is 680 g/mol. The summed E-state index contributed by atoms with van der Waals surface area (Å²) in [5, 5.41) is 21.4. The fourth-order valence-corrected chi connectivity index (χ4v) is 3.77. The average Bonchev–Trinajstić information content (AvgIpc) is 3.39. The Kier molecular flexibility index (Phi) is 15.1. The molecule has 11 nitrogen and oxygen atoms in total. The van der Waals surface area contributed by atoms with Crippen molar-refractivity contribution in [1.82, 2.24) is 14.9 Å². The molecule has 2 aromatic heterocycles. The van der Waals surface area contributed by atoms with E-state index in [2.05, 4.69) is 39.9 Å². The Balaban J connectivity index is 0.000000413. The van der Waals surface area contributed by atoms with Gasteiger partial charge in [0.2, 0.25) is 0 Å². The lowest BCUT2D eigenvalue weighted by Gasteiger charge is -2.25. The summed E-state index contributed by atoms with van der Waals surface area (Å²) in [6.45, 7) is 8.91. The molecule has 4 rings (SSSR count). The lowest BCUT2D eigenvalue weighted by Crippen LogP contribution is -2.34. The highest BCUT2D eigenvalue weighted by atomic mass is 19.4. The molecule has 2 aliphatic heterocycles. The molecule has 0 bridgehead atoms. The number of carboxylic acids is 3. The van der Waals surface area contributed by atoms with Crippen molar-refractivity contribution in [3.05, 3.63) is 53.5 Å². The van der Waals surface area contributed by atoms with Crippen LogP contribution in [-0.4, -0.2) is 99.5 Å². The Labute approximate surface area is 255 Å². The van der Waals surface area contributed by atoms with Crippen LogP contribution in [0.25, 0.3) is 0 Å². The fourth-order valence-electron chi connectivity index (χ4n) is 3.77. The van der Waals surface area contributed by atoms with Crippen molar-refractivity contribution < 1.29 is 74.0 Å². The number of nitrogens with zero attached hydrogens (tertiary/aromatic N) is 4. The zero-order valence-corrected chi connectivity index (χ0v) is 23.9. The van der Waals surface area contributed by atoms with E-state index in [1.807, 2.05) is 18.5 Å². The number of fused-ring (bicyclic) bond motifs is 1. The van der Waals surface area contributed by atoms with Gasteiger partial charge >= 0.3 is 36.4 Å². The molecule has 1 atom stereocenters. The summed E-state index contributed by atoms with van der Waals surface area (Å²) in [6.07, 6.45) is -10.3. The van der Waals surface area contributed by atoms with Gasteiger partial charge in [-0.05, 0) is 37.0 Å². The second-order valence-electron chi connectivity index (χ2n) is 9.59. The number of aliphatic carboxylic acids is 3. The summed E-state index contributed by atoms with van der Waals surface area (Å²) in [5.41, 5.74) is 3.63. The van der Waals surface area contributed by atoms with Gasteiger partial charge in [-0.2, -0.15) is 39.5 Å². The molecule has 0 spiro atoms. The van der Waals surface area contributed by atoms with Crippen molar-refractivity contribution in [3.8, 4) is 0 Å².